The normalized spacial score (nSPS) is 22.6. The van der Waals surface area contributed by atoms with Gasteiger partial charge in [0.1, 0.15) is 17.2 Å². The lowest BCUT2D eigenvalue weighted by Gasteiger charge is -2.35. The molecule has 5 rings (SSSR count). The molecule has 1 aliphatic heterocycles. The summed E-state index contributed by atoms with van der Waals surface area (Å²) in [6.07, 6.45) is 4.61. The fourth-order valence-corrected chi connectivity index (χ4v) is 5.13. The molecule has 2 aromatic rings. The first kappa shape index (κ1) is 21.3. The molecule has 2 heterocycles. The lowest BCUT2D eigenvalue weighted by molar-refractivity contribution is -0.132. The zero-order valence-corrected chi connectivity index (χ0v) is 19.2. The minimum Gasteiger partial charge on any atom is -0.353 e. The van der Waals surface area contributed by atoms with Crippen molar-refractivity contribution in [1.82, 2.24) is 9.88 Å². The average Bonchev–Trinajstić information content (AvgIpc) is 3.60. The number of carbonyl (C=O) groups excluding carboxylic acids is 2. The molecule has 9 heteroatoms. The molecule has 7 nitrogen and oxygen atoms in total. The Hall–Kier alpha value is -2.52. The third kappa shape index (κ3) is 3.77. The number of aromatic nitrogens is 1. The third-order valence-corrected chi connectivity index (χ3v) is 7.56. The van der Waals surface area contributed by atoms with Crippen LogP contribution < -0.4 is 16.0 Å². The van der Waals surface area contributed by atoms with Crippen molar-refractivity contribution in [2.75, 3.05) is 36.4 Å². The number of piperazine rings is 1. The maximum Gasteiger partial charge on any atom is 0.249 e. The van der Waals surface area contributed by atoms with Gasteiger partial charge in [-0.05, 0) is 70.9 Å². The Labute approximate surface area is 194 Å². The Balaban J connectivity index is 1.23. The highest BCUT2D eigenvalue weighted by atomic mass is 79.9. The van der Waals surface area contributed by atoms with E-state index in [0.29, 0.717) is 41.7 Å². The van der Waals surface area contributed by atoms with Crippen molar-refractivity contribution >= 4 is 39.2 Å². The van der Waals surface area contributed by atoms with Crippen molar-refractivity contribution in [1.29, 1.82) is 0 Å². The van der Waals surface area contributed by atoms with Gasteiger partial charge in [0.2, 0.25) is 11.8 Å². The van der Waals surface area contributed by atoms with Crippen molar-refractivity contribution in [3.8, 4) is 0 Å². The number of nitrogens with zero attached hydrogens (tertiary/aromatic N) is 3. The van der Waals surface area contributed by atoms with Gasteiger partial charge in [0.15, 0.2) is 0 Å². The molecule has 32 heavy (non-hydrogen) atoms. The zero-order valence-electron chi connectivity index (χ0n) is 17.6. The first-order valence-corrected chi connectivity index (χ1v) is 11.7. The number of hydrogen-bond acceptors (Lipinski definition) is 5. The van der Waals surface area contributed by atoms with E-state index in [1.165, 1.54) is 6.07 Å². The smallest absolute Gasteiger partial charge is 0.249 e. The molecule has 168 valence electrons. The Morgan fingerprint density at radius 1 is 1.16 bits per heavy atom. The Kier molecular flexibility index (Phi) is 5.41. The molecule has 2 amide bonds. The van der Waals surface area contributed by atoms with Gasteiger partial charge in [-0.3, -0.25) is 9.59 Å². The summed E-state index contributed by atoms with van der Waals surface area (Å²) in [5.74, 6) is 0.659. The molecule has 0 spiro atoms. The number of anilines is 2. The van der Waals surface area contributed by atoms with Crippen LogP contribution in [0.25, 0.3) is 0 Å². The molecule has 3 N–H and O–H groups in total. The standard InChI is InChI=1S/C23H25BrFN5O2/c24-20-16-7-8-23(26,17(16)4-5-18(20)25)22(32)28-15-3-6-19(27-13-15)29-9-11-30(12-10-29)21(31)14-1-2-14/h3-6,13-14H,1-2,7-12,26H2,(H,28,32). The van der Waals surface area contributed by atoms with Gasteiger partial charge in [0.05, 0.1) is 16.4 Å². The van der Waals surface area contributed by atoms with E-state index in [1.807, 2.05) is 17.0 Å². The number of amides is 2. The van der Waals surface area contributed by atoms with E-state index in [2.05, 4.69) is 31.1 Å². The van der Waals surface area contributed by atoms with Gasteiger partial charge in [-0.1, -0.05) is 6.07 Å². The molecule has 1 saturated carbocycles. The van der Waals surface area contributed by atoms with Crippen LogP contribution in [0, 0.1) is 11.7 Å². The summed E-state index contributed by atoms with van der Waals surface area (Å²) >= 11 is 3.27. The van der Waals surface area contributed by atoms with E-state index in [0.717, 1.165) is 37.3 Å². The lowest BCUT2D eigenvalue weighted by Crippen LogP contribution is -2.49. The van der Waals surface area contributed by atoms with E-state index in [1.54, 1.807) is 12.3 Å². The Morgan fingerprint density at radius 3 is 2.56 bits per heavy atom. The minimum atomic E-state index is -1.21. The summed E-state index contributed by atoms with van der Waals surface area (Å²) in [6.45, 7) is 2.90. The monoisotopic (exact) mass is 501 g/mol. The van der Waals surface area contributed by atoms with E-state index in [9.17, 15) is 14.0 Å². The highest BCUT2D eigenvalue weighted by Gasteiger charge is 2.43. The van der Waals surface area contributed by atoms with Crippen LogP contribution in [0.15, 0.2) is 34.9 Å². The molecule has 1 aromatic heterocycles. The third-order valence-electron chi connectivity index (χ3n) is 6.70. The summed E-state index contributed by atoms with van der Waals surface area (Å²) in [7, 11) is 0. The second-order valence-corrected chi connectivity index (χ2v) is 9.60. The lowest BCUT2D eigenvalue weighted by atomic mass is 9.92. The van der Waals surface area contributed by atoms with E-state index in [-0.39, 0.29) is 23.5 Å². The summed E-state index contributed by atoms with van der Waals surface area (Å²) < 4.78 is 14.2. The van der Waals surface area contributed by atoms with Crippen molar-refractivity contribution in [2.24, 2.45) is 11.7 Å². The topological polar surface area (TPSA) is 91.6 Å². The maximum absolute atomic E-state index is 13.8. The van der Waals surface area contributed by atoms with Gasteiger partial charge in [0, 0.05) is 32.1 Å². The van der Waals surface area contributed by atoms with Crippen molar-refractivity contribution in [3.63, 3.8) is 0 Å². The van der Waals surface area contributed by atoms with Crippen LogP contribution in [0.2, 0.25) is 0 Å². The second kappa shape index (κ2) is 8.12. The van der Waals surface area contributed by atoms with Crippen LogP contribution >= 0.6 is 15.9 Å². The van der Waals surface area contributed by atoms with Crippen molar-refractivity contribution < 1.29 is 14.0 Å². The fourth-order valence-electron chi connectivity index (χ4n) is 4.58. The number of nitrogens with one attached hydrogen (secondary N) is 1. The summed E-state index contributed by atoms with van der Waals surface area (Å²) in [6, 6.07) is 6.60. The quantitative estimate of drug-likeness (QED) is 0.671. The number of fused-ring (bicyclic) bond motifs is 1. The number of carbonyl (C=O) groups is 2. The van der Waals surface area contributed by atoms with Crippen LogP contribution in [0.4, 0.5) is 15.9 Å². The van der Waals surface area contributed by atoms with Crippen LogP contribution in [-0.4, -0.2) is 47.9 Å². The number of rotatable bonds is 4. The molecule has 2 fully saturated rings. The molecule has 3 aliphatic rings. The molecule has 1 saturated heterocycles. The van der Waals surface area contributed by atoms with Crippen molar-refractivity contribution in [3.05, 3.63) is 51.9 Å². The van der Waals surface area contributed by atoms with Gasteiger partial charge in [0.25, 0.3) is 0 Å². The first-order chi connectivity index (χ1) is 15.4. The molecule has 0 radical (unpaired) electrons. The van der Waals surface area contributed by atoms with Gasteiger partial charge >= 0.3 is 0 Å². The highest BCUT2D eigenvalue weighted by Crippen LogP contribution is 2.40. The van der Waals surface area contributed by atoms with Gasteiger partial charge < -0.3 is 20.9 Å². The van der Waals surface area contributed by atoms with Crippen LogP contribution in [-0.2, 0) is 21.5 Å². The van der Waals surface area contributed by atoms with Crippen LogP contribution in [0.3, 0.4) is 0 Å². The second-order valence-electron chi connectivity index (χ2n) is 8.80. The van der Waals surface area contributed by atoms with E-state index >= 15 is 0 Å². The van der Waals surface area contributed by atoms with Gasteiger partial charge in [-0.25, -0.2) is 9.37 Å². The number of pyridine rings is 1. The maximum atomic E-state index is 13.8. The Morgan fingerprint density at radius 2 is 1.91 bits per heavy atom. The largest absolute Gasteiger partial charge is 0.353 e. The molecule has 2 aliphatic carbocycles. The minimum absolute atomic E-state index is 0.250. The van der Waals surface area contributed by atoms with Crippen LogP contribution in [0.1, 0.15) is 30.4 Å². The molecule has 1 unspecified atom stereocenters. The molecule has 1 aromatic carbocycles. The van der Waals surface area contributed by atoms with Crippen LogP contribution in [0.5, 0.6) is 0 Å². The SMILES string of the molecule is NC1(C(=O)Nc2ccc(N3CCN(C(=O)C4CC4)CC3)nc2)CCc2c1ccc(F)c2Br. The number of hydrogen-bond donors (Lipinski definition) is 2. The number of benzene rings is 1. The van der Waals surface area contributed by atoms with Gasteiger partial charge in [-0.15, -0.1) is 0 Å². The summed E-state index contributed by atoms with van der Waals surface area (Å²) in [5.41, 5.74) is 7.21. The first-order valence-electron chi connectivity index (χ1n) is 10.9. The van der Waals surface area contributed by atoms with Gasteiger partial charge in [-0.2, -0.15) is 0 Å². The predicted octanol–water partition coefficient (Wildman–Crippen LogP) is 2.78. The van der Waals surface area contributed by atoms with Crippen molar-refractivity contribution in [2.45, 2.75) is 31.2 Å². The zero-order chi connectivity index (χ0) is 22.5. The average molecular weight is 502 g/mol. The molecular weight excluding hydrogens is 477 g/mol. The fraction of sp³-hybridized carbons (Fsp3) is 0.435. The summed E-state index contributed by atoms with van der Waals surface area (Å²) in [5, 5.41) is 2.86. The summed E-state index contributed by atoms with van der Waals surface area (Å²) in [4.78, 5) is 33.8. The number of nitrogens with two attached hydrogens (primary N) is 1. The molecule has 1 atom stereocenters. The molecular formula is C23H25BrFN5O2. The Bertz CT molecular complexity index is 1070. The number of halogens is 2. The molecule has 0 bridgehead atoms. The predicted molar refractivity (Wildman–Crippen MR) is 123 cm³/mol. The van der Waals surface area contributed by atoms with E-state index < -0.39 is 5.54 Å². The highest BCUT2D eigenvalue weighted by molar-refractivity contribution is 9.10. The van der Waals surface area contributed by atoms with E-state index in [4.69, 9.17) is 5.73 Å².